The Bertz CT molecular complexity index is 1390. The molecule has 6 heteroatoms. The summed E-state index contributed by atoms with van der Waals surface area (Å²) >= 11 is 3.41. The number of phenols is 1. The van der Waals surface area contributed by atoms with E-state index >= 15 is 0 Å². The molecule has 1 atom stereocenters. The number of phenolic OH excluding ortho intramolecular Hbond substituents is 1. The fraction of sp³-hybridized carbons (Fsp3) is 0.0769. The molecular weight excluding hydrogens is 468 g/mol. The second-order valence-electron chi connectivity index (χ2n) is 7.57. The van der Waals surface area contributed by atoms with E-state index < -0.39 is 5.63 Å². The number of benzene rings is 2. The van der Waals surface area contributed by atoms with Crippen LogP contribution in [0.2, 0.25) is 0 Å². The second-order valence-corrected chi connectivity index (χ2v) is 8.48. The first-order valence-corrected chi connectivity index (χ1v) is 10.9. The summed E-state index contributed by atoms with van der Waals surface area (Å²) in [6, 6.07) is 16.6. The number of nitrogens with zero attached hydrogens (tertiary/aromatic N) is 2. The molecule has 158 valence electrons. The average molecular weight is 487 g/mol. The lowest BCUT2D eigenvalue weighted by Gasteiger charge is -2.31. The van der Waals surface area contributed by atoms with Gasteiger partial charge in [-0.1, -0.05) is 46.3 Å². The highest BCUT2D eigenvalue weighted by atomic mass is 79.9. The van der Waals surface area contributed by atoms with Gasteiger partial charge in [0.25, 0.3) is 0 Å². The predicted molar refractivity (Wildman–Crippen MR) is 128 cm³/mol. The molecule has 0 unspecified atom stereocenters. The Hall–Kier alpha value is -3.64. The minimum absolute atomic E-state index is 0.0443. The largest absolute Gasteiger partial charge is 0.507 e. The first kappa shape index (κ1) is 20.3. The van der Waals surface area contributed by atoms with Crippen molar-refractivity contribution in [3.05, 3.63) is 117 Å². The normalized spacial score (nSPS) is 15.4. The maximum absolute atomic E-state index is 12.9. The van der Waals surface area contributed by atoms with Crippen LogP contribution in [0.4, 0.5) is 0 Å². The first-order valence-electron chi connectivity index (χ1n) is 10.2. The first-order chi connectivity index (χ1) is 15.6. The standard InChI is InChI=1S/C26H19BrN2O3/c27-20-9-6-17(7-10-20)21-14-18-8-11-24(30)22(25(18)32-26(21)31)16-29-13-2-1-5-23(29)19-4-3-12-28-15-19/h1-15,23,30H,16H2/t23-/m0/s1. The molecule has 0 fully saturated rings. The fourth-order valence-corrected chi connectivity index (χ4v) is 4.20. The van der Waals surface area contributed by atoms with Crippen molar-refractivity contribution in [2.45, 2.75) is 12.6 Å². The smallest absolute Gasteiger partial charge is 0.344 e. The molecule has 0 saturated heterocycles. The van der Waals surface area contributed by atoms with Crippen molar-refractivity contribution < 1.29 is 9.52 Å². The van der Waals surface area contributed by atoms with E-state index in [1.165, 1.54) is 0 Å². The second kappa shape index (κ2) is 8.48. The van der Waals surface area contributed by atoms with Gasteiger partial charge in [0.05, 0.1) is 23.7 Å². The van der Waals surface area contributed by atoms with Crippen LogP contribution in [0.3, 0.4) is 0 Å². The van der Waals surface area contributed by atoms with Crippen molar-refractivity contribution in [2.24, 2.45) is 0 Å². The SMILES string of the molecule is O=c1oc2c(CN3C=CC=C[C@H]3c3cccnc3)c(O)ccc2cc1-c1ccc(Br)cc1. The van der Waals surface area contributed by atoms with Crippen LogP contribution in [-0.2, 0) is 6.54 Å². The van der Waals surface area contributed by atoms with Crippen molar-refractivity contribution in [3.63, 3.8) is 0 Å². The molecule has 0 bridgehead atoms. The number of hydrogen-bond acceptors (Lipinski definition) is 5. The molecule has 32 heavy (non-hydrogen) atoms. The minimum Gasteiger partial charge on any atom is -0.507 e. The molecule has 5 rings (SSSR count). The highest BCUT2D eigenvalue weighted by molar-refractivity contribution is 9.10. The summed E-state index contributed by atoms with van der Waals surface area (Å²) in [7, 11) is 0. The van der Waals surface area contributed by atoms with Gasteiger partial charge in [-0.15, -0.1) is 0 Å². The van der Waals surface area contributed by atoms with E-state index in [2.05, 4.69) is 31.9 Å². The van der Waals surface area contributed by atoms with E-state index in [0.29, 0.717) is 23.3 Å². The highest BCUT2D eigenvalue weighted by Crippen LogP contribution is 2.34. The predicted octanol–water partition coefficient (Wildman–Crippen LogP) is 5.95. The number of aromatic nitrogens is 1. The maximum Gasteiger partial charge on any atom is 0.344 e. The summed E-state index contributed by atoms with van der Waals surface area (Å²) in [5.41, 5.74) is 2.81. The van der Waals surface area contributed by atoms with Crippen LogP contribution in [0.25, 0.3) is 22.1 Å². The van der Waals surface area contributed by atoms with E-state index in [1.54, 1.807) is 18.3 Å². The Kier molecular flexibility index (Phi) is 5.37. The zero-order chi connectivity index (χ0) is 22.1. The molecule has 1 N–H and O–H groups in total. The van der Waals surface area contributed by atoms with Gasteiger partial charge in [0.15, 0.2) is 0 Å². The molecular formula is C26H19BrN2O3. The lowest BCUT2D eigenvalue weighted by atomic mass is 10.0. The number of pyridine rings is 1. The van der Waals surface area contributed by atoms with Crippen LogP contribution in [-0.4, -0.2) is 15.0 Å². The molecule has 1 aliphatic heterocycles. The van der Waals surface area contributed by atoms with Crippen LogP contribution in [0.5, 0.6) is 5.75 Å². The van der Waals surface area contributed by atoms with Crippen molar-refractivity contribution in [1.82, 2.24) is 9.88 Å². The molecule has 0 aliphatic carbocycles. The zero-order valence-electron chi connectivity index (χ0n) is 17.0. The van der Waals surface area contributed by atoms with Crippen molar-refractivity contribution in [1.29, 1.82) is 0 Å². The molecule has 2 aromatic carbocycles. The topological polar surface area (TPSA) is 66.6 Å². The van der Waals surface area contributed by atoms with E-state index in [1.807, 2.05) is 67.0 Å². The molecule has 0 spiro atoms. The van der Waals surface area contributed by atoms with Gasteiger partial charge >= 0.3 is 5.63 Å². The van der Waals surface area contributed by atoms with Gasteiger partial charge in [-0.05, 0) is 53.6 Å². The summed E-state index contributed by atoms with van der Waals surface area (Å²) in [4.78, 5) is 19.2. The molecule has 3 heterocycles. The molecule has 0 radical (unpaired) electrons. The number of hydrogen-bond donors (Lipinski definition) is 1. The van der Waals surface area contributed by atoms with Gasteiger partial charge in [0.1, 0.15) is 11.3 Å². The van der Waals surface area contributed by atoms with Crippen molar-refractivity contribution >= 4 is 26.9 Å². The Labute approximate surface area is 193 Å². The molecule has 0 amide bonds. The quantitative estimate of drug-likeness (QED) is 0.361. The average Bonchev–Trinajstić information content (AvgIpc) is 2.82. The van der Waals surface area contributed by atoms with Gasteiger partial charge in [-0.3, -0.25) is 4.98 Å². The summed E-state index contributed by atoms with van der Waals surface area (Å²) in [5, 5.41) is 11.4. The fourth-order valence-electron chi connectivity index (χ4n) is 3.94. The third-order valence-corrected chi connectivity index (χ3v) is 6.07. The van der Waals surface area contributed by atoms with Gasteiger partial charge in [-0.25, -0.2) is 4.79 Å². The third-order valence-electron chi connectivity index (χ3n) is 5.54. The van der Waals surface area contributed by atoms with Gasteiger partial charge < -0.3 is 14.4 Å². The zero-order valence-corrected chi connectivity index (χ0v) is 18.6. The summed E-state index contributed by atoms with van der Waals surface area (Å²) in [6.07, 6.45) is 11.5. The number of fused-ring (bicyclic) bond motifs is 1. The molecule has 5 nitrogen and oxygen atoms in total. The monoisotopic (exact) mass is 486 g/mol. The van der Waals surface area contributed by atoms with Crippen molar-refractivity contribution in [2.75, 3.05) is 0 Å². The Morgan fingerprint density at radius 1 is 1.09 bits per heavy atom. The lowest BCUT2D eigenvalue weighted by Crippen LogP contribution is -2.23. The van der Waals surface area contributed by atoms with E-state index in [0.717, 1.165) is 21.0 Å². The molecule has 2 aromatic heterocycles. The van der Waals surface area contributed by atoms with E-state index in [9.17, 15) is 9.90 Å². The third kappa shape index (κ3) is 3.85. The number of halogens is 1. The number of allylic oxidation sites excluding steroid dienone is 2. The minimum atomic E-state index is -0.440. The lowest BCUT2D eigenvalue weighted by molar-refractivity contribution is 0.306. The van der Waals surface area contributed by atoms with Gasteiger partial charge in [0.2, 0.25) is 0 Å². The molecule has 4 aromatic rings. The van der Waals surface area contributed by atoms with Gasteiger partial charge in [-0.2, -0.15) is 0 Å². The number of aromatic hydroxyl groups is 1. The summed E-state index contributed by atoms with van der Waals surface area (Å²) < 4.78 is 6.70. The van der Waals surface area contributed by atoms with Crippen LogP contribution < -0.4 is 5.63 Å². The molecule has 0 saturated carbocycles. The maximum atomic E-state index is 12.9. The van der Waals surface area contributed by atoms with Crippen LogP contribution in [0.15, 0.2) is 105 Å². The Morgan fingerprint density at radius 2 is 1.94 bits per heavy atom. The van der Waals surface area contributed by atoms with Crippen LogP contribution in [0.1, 0.15) is 17.2 Å². The van der Waals surface area contributed by atoms with Gasteiger partial charge in [0, 0.05) is 28.5 Å². The van der Waals surface area contributed by atoms with E-state index in [-0.39, 0.29) is 11.8 Å². The Morgan fingerprint density at radius 3 is 2.72 bits per heavy atom. The number of rotatable bonds is 4. The van der Waals surface area contributed by atoms with E-state index in [4.69, 9.17) is 4.42 Å². The van der Waals surface area contributed by atoms with Crippen molar-refractivity contribution in [3.8, 4) is 16.9 Å². The van der Waals surface area contributed by atoms with Crippen LogP contribution in [0, 0.1) is 0 Å². The highest BCUT2D eigenvalue weighted by Gasteiger charge is 2.21. The summed E-state index contributed by atoms with van der Waals surface area (Å²) in [6.45, 7) is 0.365. The van der Waals surface area contributed by atoms with Crippen LogP contribution >= 0.6 is 15.9 Å². The summed E-state index contributed by atoms with van der Waals surface area (Å²) in [5.74, 6) is 0.0879. The molecule has 1 aliphatic rings. The Balaban J connectivity index is 1.56.